The van der Waals surface area contributed by atoms with E-state index in [1.165, 1.54) is 0 Å². The topological polar surface area (TPSA) is 97.5 Å². The van der Waals surface area contributed by atoms with Gasteiger partial charge in [0.15, 0.2) is 0 Å². The van der Waals surface area contributed by atoms with E-state index in [4.69, 9.17) is 13.6 Å². The maximum Gasteiger partial charge on any atom is 0.340 e. The Hall–Kier alpha value is -4.78. The average Bonchev–Trinajstić information content (AvgIpc) is 3.54. The van der Waals surface area contributed by atoms with Crippen LogP contribution in [0.3, 0.4) is 0 Å². The molecule has 3 heterocycles. The monoisotopic (exact) mass is 506 g/mol. The average molecular weight is 507 g/mol. The molecule has 0 fully saturated rings. The third-order valence-corrected chi connectivity index (χ3v) is 7.09. The first-order chi connectivity index (χ1) is 18.5. The summed E-state index contributed by atoms with van der Waals surface area (Å²) in [7, 11) is 1.64. The SMILES string of the molecule is COc1ccc2[nH]cc(CCNC(=O)Cc3c(C)c4cc5c(-c6ccccc6)coc5cc4oc3=O)c2c1. The molecular weight excluding hydrogens is 480 g/mol. The van der Waals surface area contributed by atoms with E-state index in [1.807, 2.05) is 67.7 Å². The summed E-state index contributed by atoms with van der Waals surface area (Å²) in [5.74, 6) is 0.552. The second-order valence-corrected chi connectivity index (χ2v) is 9.36. The number of furan rings is 1. The van der Waals surface area contributed by atoms with Gasteiger partial charge >= 0.3 is 5.63 Å². The number of amides is 1. The second-order valence-electron chi connectivity index (χ2n) is 9.36. The smallest absolute Gasteiger partial charge is 0.340 e. The first-order valence-electron chi connectivity index (χ1n) is 12.5. The molecule has 0 saturated carbocycles. The molecule has 0 saturated heterocycles. The van der Waals surface area contributed by atoms with Crippen LogP contribution < -0.4 is 15.7 Å². The van der Waals surface area contributed by atoms with Gasteiger partial charge in [-0.2, -0.15) is 0 Å². The quantitative estimate of drug-likeness (QED) is 0.263. The van der Waals surface area contributed by atoms with Crippen LogP contribution in [0.25, 0.3) is 44.0 Å². The Morgan fingerprint density at radius 2 is 1.84 bits per heavy atom. The van der Waals surface area contributed by atoms with Crippen LogP contribution in [0.15, 0.2) is 86.8 Å². The zero-order valence-electron chi connectivity index (χ0n) is 21.1. The molecular formula is C31H26N2O5. The Kier molecular flexibility index (Phi) is 5.96. The van der Waals surface area contributed by atoms with Crippen LogP contribution in [-0.4, -0.2) is 24.5 Å². The predicted octanol–water partition coefficient (Wildman–Crippen LogP) is 5.91. The van der Waals surface area contributed by atoms with E-state index >= 15 is 0 Å². The maximum absolute atomic E-state index is 12.8. The Balaban J connectivity index is 1.23. The van der Waals surface area contributed by atoms with Crippen molar-refractivity contribution in [3.8, 4) is 16.9 Å². The number of methoxy groups -OCH3 is 1. The van der Waals surface area contributed by atoms with E-state index in [-0.39, 0.29) is 12.3 Å². The summed E-state index contributed by atoms with van der Waals surface area (Å²) in [5, 5.41) is 5.71. The molecule has 190 valence electrons. The number of hydrogen-bond acceptors (Lipinski definition) is 5. The number of carbonyl (C=O) groups excluding carboxylic acids is 1. The Bertz CT molecular complexity index is 1860. The van der Waals surface area contributed by atoms with E-state index in [9.17, 15) is 9.59 Å². The summed E-state index contributed by atoms with van der Waals surface area (Å²) >= 11 is 0. The molecule has 7 heteroatoms. The number of fused-ring (bicyclic) bond motifs is 3. The number of H-pyrrole nitrogens is 1. The zero-order chi connectivity index (χ0) is 26.2. The van der Waals surface area contributed by atoms with Gasteiger partial charge in [-0.25, -0.2) is 4.79 Å². The van der Waals surface area contributed by atoms with Gasteiger partial charge in [0, 0.05) is 46.0 Å². The predicted molar refractivity (Wildman–Crippen MR) is 148 cm³/mol. The van der Waals surface area contributed by atoms with Crippen molar-refractivity contribution < 1.29 is 18.4 Å². The van der Waals surface area contributed by atoms with Crippen LogP contribution in [0.4, 0.5) is 0 Å². The van der Waals surface area contributed by atoms with Gasteiger partial charge in [0.05, 0.1) is 25.4 Å². The number of hydrogen-bond donors (Lipinski definition) is 2. The molecule has 0 radical (unpaired) electrons. The highest BCUT2D eigenvalue weighted by Crippen LogP contribution is 2.34. The van der Waals surface area contributed by atoms with Gasteiger partial charge in [-0.3, -0.25) is 4.79 Å². The number of aryl methyl sites for hydroxylation is 1. The lowest BCUT2D eigenvalue weighted by molar-refractivity contribution is -0.120. The van der Waals surface area contributed by atoms with Crippen LogP contribution in [0, 0.1) is 6.92 Å². The fourth-order valence-electron chi connectivity index (χ4n) is 5.01. The van der Waals surface area contributed by atoms with Crippen molar-refractivity contribution >= 4 is 38.7 Å². The highest BCUT2D eigenvalue weighted by atomic mass is 16.5. The summed E-state index contributed by atoms with van der Waals surface area (Å²) in [4.78, 5) is 28.9. The first kappa shape index (κ1) is 23.6. The second kappa shape index (κ2) is 9.59. The Labute approximate surface area is 218 Å². The molecule has 7 nitrogen and oxygen atoms in total. The lowest BCUT2D eigenvalue weighted by Crippen LogP contribution is -2.29. The lowest BCUT2D eigenvalue weighted by Gasteiger charge is -2.09. The number of nitrogens with one attached hydrogen (secondary N) is 2. The largest absolute Gasteiger partial charge is 0.497 e. The maximum atomic E-state index is 12.8. The van der Waals surface area contributed by atoms with Crippen LogP contribution >= 0.6 is 0 Å². The lowest BCUT2D eigenvalue weighted by atomic mass is 9.99. The van der Waals surface area contributed by atoms with Gasteiger partial charge in [-0.1, -0.05) is 30.3 Å². The van der Waals surface area contributed by atoms with E-state index in [1.54, 1.807) is 19.4 Å². The third-order valence-electron chi connectivity index (χ3n) is 7.09. The van der Waals surface area contributed by atoms with E-state index in [2.05, 4.69) is 10.3 Å². The Morgan fingerprint density at radius 3 is 2.66 bits per heavy atom. The summed E-state index contributed by atoms with van der Waals surface area (Å²) in [6, 6.07) is 19.5. The number of aromatic amines is 1. The van der Waals surface area contributed by atoms with Gasteiger partial charge < -0.3 is 23.9 Å². The molecule has 38 heavy (non-hydrogen) atoms. The molecule has 3 aromatic carbocycles. The van der Waals surface area contributed by atoms with Gasteiger partial charge in [0.2, 0.25) is 5.91 Å². The van der Waals surface area contributed by atoms with Gasteiger partial charge in [-0.05, 0) is 54.3 Å². The molecule has 1 amide bonds. The molecule has 6 rings (SSSR count). The number of carbonyl (C=O) groups is 1. The summed E-state index contributed by atoms with van der Waals surface area (Å²) in [6.07, 6.45) is 4.24. The van der Waals surface area contributed by atoms with E-state index in [0.717, 1.165) is 49.7 Å². The molecule has 0 bridgehead atoms. The molecule has 0 atom stereocenters. The number of benzene rings is 3. The Morgan fingerprint density at radius 1 is 1.00 bits per heavy atom. The minimum Gasteiger partial charge on any atom is -0.497 e. The summed E-state index contributed by atoms with van der Waals surface area (Å²) < 4.78 is 16.7. The standard InChI is InChI=1S/C31H26N2O5/c1-18-22-13-25-26(19-6-4-3-5-7-19)17-37-28(25)15-29(22)38-31(35)23(18)14-30(34)32-11-10-20-16-33-27-9-8-21(36-2)12-24(20)27/h3-9,12-13,15-17,33H,10-11,14H2,1-2H3,(H,32,34). The fourth-order valence-corrected chi connectivity index (χ4v) is 5.01. The van der Waals surface area contributed by atoms with Crippen molar-refractivity contribution in [3.05, 3.63) is 100 Å². The molecule has 6 aromatic rings. The zero-order valence-corrected chi connectivity index (χ0v) is 21.1. The number of rotatable bonds is 7. The molecule has 3 aromatic heterocycles. The van der Waals surface area contributed by atoms with Crippen molar-refractivity contribution in [2.75, 3.05) is 13.7 Å². The third kappa shape index (κ3) is 4.22. The highest BCUT2D eigenvalue weighted by molar-refractivity contribution is 6.02. The number of ether oxygens (including phenoxy) is 1. The van der Waals surface area contributed by atoms with Crippen LogP contribution in [-0.2, 0) is 17.6 Å². The summed E-state index contributed by atoms with van der Waals surface area (Å²) in [6.45, 7) is 2.30. The van der Waals surface area contributed by atoms with Gasteiger partial charge in [-0.15, -0.1) is 0 Å². The minimum atomic E-state index is -0.511. The van der Waals surface area contributed by atoms with Crippen molar-refractivity contribution in [1.29, 1.82) is 0 Å². The van der Waals surface area contributed by atoms with Gasteiger partial charge in [0.25, 0.3) is 0 Å². The van der Waals surface area contributed by atoms with E-state index in [0.29, 0.717) is 29.7 Å². The molecule has 2 N–H and O–H groups in total. The minimum absolute atomic E-state index is 0.0548. The molecule has 0 unspecified atom stereocenters. The molecule has 0 aliphatic heterocycles. The summed E-state index contributed by atoms with van der Waals surface area (Å²) in [5.41, 5.74) is 5.75. The molecule has 0 spiro atoms. The number of aromatic nitrogens is 1. The molecule has 0 aliphatic carbocycles. The van der Waals surface area contributed by atoms with E-state index < -0.39 is 5.63 Å². The van der Waals surface area contributed by atoms with Gasteiger partial charge in [0.1, 0.15) is 16.9 Å². The first-order valence-corrected chi connectivity index (χ1v) is 12.5. The van der Waals surface area contributed by atoms with Crippen molar-refractivity contribution in [2.45, 2.75) is 19.8 Å². The van der Waals surface area contributed by atoms with Crippen molar-refractivity contribution in [3.63, 3.8) is 0 Å². The van der Waals surface area contributed by atoms with Crippen LogP contribution in [0.1, 0.15) is 16.7 Å². The van der Waals surface area contributed by atoms with Crippen LogP contribution in [0.2, 0.25) is 0 Å². The highest BCUT2D eigenvalue weighted by Gasteiger charge is 2.18. The fraction of sp³-hybridized carbons (Fsp3) is 0.161. The van der Waals surface area contributed by atoms with Crippen molar-refractivity contribution in [2.24, 2.45) is 0 Å². The van der Waals surface area contributed by atoms with Crippen molar-refractivity contribution in [1.82, 2.24) is 10.3 Å². The van der Waals surface area contributed by atoms with Crippen LogP contribution in [0.5, 0.6) is 5.75 Å². The normalized spacial score (nSPS) is 11.4. The molecule has 0 aliphatic rings.